The van der Waals surface area contributed by atoms with Crippen molar-refractivity contribution >= 4 is 27.1 Å². The fourth-order valence-corrected chi connectivity index (χ4v) is 2.55. The van der Waals surface area contributed by atoms with Gasteiger partial charge < -0.3 is 5.32 Å². The maximum atomic E-state index is 11.3. The Morgan fingerprint density at radius 1 is 1.25 bits per heavy atom. The molecule has 2 aromatic rings. The van der Waals surface area contributed by atoms with Crippen LogP contribution in [0.2, 0.25) is 5.02 Å². The summed E-state index contributed by atoms with van der Waals surface area (Å²) >= 11 is 5.91. The van der Waals surface area contributed by atoms with E-state index in [0.717, 1.165) is 23.1 Å². The first-order chi connectivity index (χ1) is 9.36. The lowest BCUT2D eigenvalue weighted by Gasteiger charge is -2.09. The molecule has 0 bridgehead atoms. The van der Waals surface area contributed by atoms with Crippen LogP contribution in [0.3, 0.4) is 0 Å². The van der Waals surface area contributed by atoms with E-state index in [1.807, 2.05) is 25.1 Å². The number of aromatic nitrogens is 1. The van der Waals surface area contributed by atoms with Crippen molar-refractivity contribution in [3.63, 3.8) is 0 Å². The maximum Gasteiger partial charge on any atom is 0.192 e. The molecular weight excluding hydrogens is 296 g/mol. The number of nitrogens with zero attached hydrogens (tertiary/aromatic N) is 1. The van der Waals surface area contributed by atoms with Crippen molar-refractivity contribution in [2.45, 2.75) is 18.5 Å². The number of hydrogen-bond donors (Lipinski definition) is 1. The number of pyridine rings is 1. The van der Waals surface area contributed by atoms with Gasteiger partial charge in [-0.05, 0) is 42.3 Å². The summed E-state index contributed by atoms with van der Waals surface area (Å²) in [5.41, 5.74) is 3.00. The van der Waals surface area contributed by atoms with Crippen LogP contribution < -0.4 is 5.32 Å². The van der Waals surface area contributed by atoms with E-state index in [1.165, 1.54) is 12.3 Å². The van der Waals surface area contributed by atoms with Crippen LogP contribution in [-0.4, -0.2) is 19.7 Å². The van der Waals surface area contributed by atoms with Crippen LogP contribution >= 0.6 is 11.6 Å². The number of aryl methyl sites for hydroxylation is 1. The summed E-state index contributed by atoms with van der Waals surface area (Å²) in [6.07, 6.45) is 2.65. The van der Waals surface area contributed by atoms with E-state index in [0.29, 0.717) is 11.6 Å². The summed E-state index contributed by atoms with van der Waals surface area (Å²) < 4.78 is 22.6. The molecule has 0 amide bonds. The van der Waals surface area contributed by atoms with Gasteiger partial charge in [-0.1, -0.05) is 17.7 Å². The third kappa shape index (κ3) is 3.71. The van der Waals surface area contributed by atoms with E-state index in [2.05, 4.69) is 10.3 Å². The number of sulfone groups is 1. The van der Waals surface area contributed by atoms with E-state index >= 15 is 0 Å². The molecule has 1 N–H and O–H groups in total. The molecule has 0 aliphatic carbocycles. The van der Waals surface area contributed by atoms with Crippen molar-refractivity contribution < 1.29 is 8.42 Å². The summed E-state index contributed by atoms with van der Waals surface area (Å²) in [6.45, 7) is 2.62. The Labute approximate surface area is 123 Å². The van der Waals surface area contributed by atoms with Gasteiger partial charge in [0.05, 0.1) is 11.9 Å². The topological polar surface area (TPSA) is 59.1 Å². The standard InChI is InChI=1S/C14H15ClN2O2S/c1-10-7-12(15)4-3-11(10)8-16-13-5-6-14(17-9-13)20(2,18)19/h3-7,9,16H,8H2,1-2H3. The van der Waals surface area contributed by atoms with E-state index in [9.17, 15) is 8.42 Å². The zero-order valence-corrected chi connectivity index (χ0v) is 12.8. The van der Waals surface area contributed by atoms with Crippen LogP contribution in [0.25, 0.3) is 0 Å². The van der Waals surface area contributed by atoms with Gasteiger partial charge in [0.1, 0.15) is 0 Å². The zero-order valence-electron chi connectivity index (χ0n) is 11.2. The van der Waals surface area contributed by atoms with Gasteiger partial charge >= 0.3 is 0 Å². The van der Waals surface area contributed by atoms with Gasteiger partial charge in [-0.15, -0.1) is 0 Å². The van der Waals surface area contributed by atoms with Crippen LogP contribution in [0.5, 0.6) is 0 Å². The maximum absolute atomic E-state index is 11.3. The smallest absolute Gasteiger partial charge is 0.192 e. The predicted octanol–water partition coefficient (Wildman–Crippen LogP) is 3.06. The third-order valence-corrected chi connectivity index (χ3v) is 4.14. The van der Waals surface area contributed by atoms with Crippen molar-refractivity contribution in [2.24, 2.45) is 0 Å². The molecule has 0 fully saturated rings. The van der Waals surface area contributed by atoms with Crippen LogP contribution in [0.1, 0.15) is 11.1 Å². The van der Waals surface area contributed by atoms with Crippen molar-refractivity contribution in [3.05, 3.63) is 52.7 Å². The second-order valence-corrected chi connectivity index (χ2v) is 6.98. The minimum atomic E-state index is -3.25. The first kappa shape index (κ1) is 14.8. The van der Waals surface area contributed by atoms with Crippen LogP contribution in [-0.2, 0) is 16.4 Å². The lowest BCUT2D eigenvalue weighted by molar-refractivity contribution is 0.598. The Kier molecular flexibility index (Phi) is 4.30. The average molecular weight is 311 g/mol. The molecule has 0 aliphatic rings. The summed E-state index contributed by atoms with van der Waals surface area (Å²) in [4.78, 5) is 3.93. The second-order valence-electron chi connectivity index (χ2n) is 4.58. The SMILES string of the molecule is Cc1cc(Cl)ccc1CNc1ccc(S(C)(=O)=O)nc1. The highest BCUT2D eigenvalue weighted by atomic mass is 35.5. The van der Waals surface area contributed by atoms with Gasteiger partial charge in [0, 0.05) is 17.8 Å². The molecule has 20 heavy (non-hydrogen) atoms. The Morgan fingerprint density at radius 3 is 2.55 bits per heavy atom. The Morgan fingerprint density at radius 2 is 2.00 bits per heavy atom. The predicted molar refractivity (Wildman–Crippen MR) is 80.9 cm³/mol. The van der Waals surface area contributed by atoms with Crippen LogP contribution in [0.4, 0.5) is 5.69 Å². The summed E-state index contributed by atoms with van der Waals surface area (Å²) in [5.74, 6) is 0. The monoisotopic (exact) mass is 310 g/mol. The van der Waals surface area contributed by atoms with Crippen molar-refractivity contribution in [3.8, 4) is 0 Å². The second kappa shape index (κ2) is 5.81. The highest BCUT2D eigenvalue weighted by molar-refractivity contribution is 7.90. The summed E-state index contributed by atoms with van der Waals surface area (Å²) in [6, 6.07) is 8.91. The molecule has 4 nitrogen and oxygen atoms in total. The van der Waals surface area contributed by atoms with Gasteiger partial charge in [-0.25, -0.2) is 13.4 Å². The van der Waals surface area contributed by atoms with E-state index < -0.39 is 9.84 Å². The number of benzene rings is 1. The first-order valence-electron chi connectivity index (χ1n) is 6.01. The molecular formula is C14H15ClN2O2S. The minimum absolute atomic E-state index is 0.0747. The molecule has 106 valence electrons. The van der Waals surface area contributed by atoms with Gasteiger partial charge in [-0.3, -0.25) is 0 Å². The van der Waals surface area contributed by atoms with Crippen molar-refractivity contribution in [1.29, 1.82) is 0 Å². The Balaban J connectivity index is 2.08. The fourth-order valence-electron chi connectivity index (χ4n) is 1.76. The molecule has 0 saturated heterocycles. The third-order valence-electron chi connectivity index (χ3n) is 2.90. The molecule has 1 aromatic heterocycles. The lowest BCUT2D eigenvalue weighted by atomic mass is 10.1. The van der Waals surface area contributed by atoms with Crippen LogP contribution in [0, 0.1) is 6.92 Å². The van der Waals surface area contributed by atoms with Gasteiger partial charge in [0.25, 0.3) is 0 Å². The molecule has 0 aliphatic heterocycles. The normalized spacial score (nSPS) is 11.3. The molecule has 6 heteroatoms. The molecule has 0 unspecified atom stereocenters. The molecule has 1 heterocycles. The highest BCUT2D eigenvalue weighted by Gasteiger charge is 2.08. The van der Waals surface area contributed by atoms with Crippen molar-refractivity contribution in [2.75, 3.05) is 11.6 Å². The largest absolute Gasteiger partial charge is 0.380 e. The summed E-state index contributed by atoms with van der Waals surface area (Å²) in [7, 11) is -3.25. The number of anilines is 1. The quantitative estimate of drug-likeness (QED) is 0.943. The van der Waals surface area contributed by atoms with Gasteiger partial charge in [0.2, 0.25) is 0 Å². The molecule has 1 aromatic carbocycles. The Bertz CT molecular complexity index is 712. The number of nitrogens with one attached hydrogen (secondary N) is 1. The molecule has 0 spiro atoms. The fraction of sp³-hybridized carbons (Fsp3) is 0.214. The average Bonchev–Trinajstić information content (AvgIpc) is 2.37. The Hall–Kier alpha value is -1.59. The zero-order chi connectivity index (χ0) is 14.8. The molecule has 0 atom stereocenters. The first-order valence-corrected chi connectivity index (χ1v) is 8.28. The number of hydrogen-bond acceptors (Lipinski definition) is 4. The van der Waals surface area contributed by atoms with E-state index in [1.54, 1.807) is 6.07 Å². The van der Waals surface area contributed by atoms with E-state index in [4.69, 9.17) is 11.6 Å². The van der Waals surface area contributed by atoms with Crippen LogP contribution in [0.15, 0.2) is 41.6 Å². The van der Waals surface area contributed by atoms with E-state index in [-0.39, 0.29) is 5.03 Å². The van der Waals surface area contributed by atoms with Gasteiger partial charge in [-0.2, -0.15) is 0 Å². The number of rotatable bonds is 4. The molecule has 0 saturated carbocycles. The highest BCUT2D eigenvalue weighted by Crippen LogP contribution is 2.17. The summed E-state index contributed by atoms with van der Waals surface area (Å²) in [5, 5.41) is 3.99. The number of halogens is 1. The minimum Gasteiger partial charge on any atom is -0.380 e. The van der Waals surface area contributed by atoms with Crippen molar-refractivity contribution in [1.82, 2.24) is 4.98 Å². The molecule has 2 rings (SSSR count). The molecule has 0 radical (unpaired) electrons. The van der Waals surface area contributed by atoms with Gasteiger partial charge in [0.15, 0.2) is 14.9 Å². The lowest BCUT2D eigenvalue weighted by Crippen LogP contribution is -2.04.